The Labute approximate surface area is 152 Å². The van der Waals surface area contributed by atoms with Crippen LogP contribution in [0.4, 0.5) is 16.2 Å². The second kappa shape index (κ2) is 10.1. The van der Waals surface area contributed by atoms with E-state index < -0.39 is 4.92 Å². The number of nitro groups is 1. The number of nitrogens with zero attached hydrogens (tertiary/aromatic N) is 2. The van der Waals surface area contributed by atoms with E-state index in [1.165, 1.54) is 24.3 Å². The fourth-order valence-electron chi connectivity index (χ4n) is 2.47. The molecule has 0 aromatic heterocycles. The minimum Gasteiger partial charge on any atom is -0.385 e. The highest BCUT2D eigenvalue weighted by molar-refractivity contribution is 5.89. The first-order valence-electron chi connectivity index (χ1n) is 8.43. The fraction of sp³-hybridized carbons (Fsp3) is 0.316. The third-order valence-corrected chi connectivity index (χ3v) is 3.86. The van der Waals surface area contributed by atoms with E-state index in [1.807, 2.05) is 30.3 Å². The van der Waals surface area contributed by atoms with Gasteiger partial charge in [-0.1, -0.05) is 30.3 Å². The van der Waals surface area contributed by atoms with Gasteiger partial charge >= 0.3 is 6.03 Å². The van der Waals surface area contributed by atoms with Gasteiger partial charge in [0.05, 0.1) is 4.92 Å². The zero-order chi connectivity index (χ0) is 18.8. The molecule has 0 saturated carbocycles. The molecule has 2 rings (SSSR count). The van der Waals surface area contributed by atoms with Crippen LogP contribution in [0.3, 0.4) is 0 Å². The predicted octanol–water partition coefficient (Wildman–Crippen LogP) is 4.06. The quantitative estimate of drug-likeness (QED) is 0.417. The van der Waals surface area contributed by atoms with Crippen LogP contribution in [0.25, 0.3) is 0 Å². The van der Waals surface area contributed by atoms with Crippen LogP contribution in [0.15, 0.2) is 54.6 Å². The Balaban J connectivity index is 2.02. The molecule has 0 heterocycles. The van der Waals surface area contributed by atoms with Crippen LogP contribution in [0.2, 0.25) is 0 Å². The Morgan fingerprint density at radius 3 is 2.42 bits per heavy atom. The Morgan fingerprint density at radius 1 is 1.12 bits per heavy atom. The summed E-state index contributed by atoms with van der Waals surface area (Å²) in [5.74, 6) is 0. The maximum atomic E-state index is 12.6. The van der Waals surface area contributed by atoms with Crippen molar-refractivity contribution in [1.82, 2.24) is 4.90 Å². The first kappa shape index (κ1) is 19.4. The number of carbonyl (C=O) groups is 1. The molecule has 138 valence electrons. The molecule has 2 aromatic carbocycles. The molecule has 0 aliphatic rings. The Morgan fingerprint density at radius 2 is 1.81 bits per heavy atom. The molecule has 26 heavy (non-hydrogen) atoms. The number of urea groups is 1. The molecule has 0 bridgehead atoms. The largest absolute Gasteiger partial charge is 0.385 e. The summed E-state index contributed by atoms with van der Waals surface area (Å²) in [4.78, 5) is 24.6. The molecule has 2 aromatic rings. The Bertz CT molecular complexity index is 704. The Kier molecular flexibility index (Phi) is 7.57. The lowest BCUT2D eigenvalue weighted by Crippen LogP contribution is -2.35. The smallest absolute Gasteiger partial charge is 0.322 e. The van der Waals surface area contributed by atoms with E-state index in [4.69, 9.17) is 4.74 Å². The minimum absolute atomic E-state index is 0.0105. The van der Waals surface area contributed by atoms with Gasteiger partial charge in [-0.3, -0.25) is 10.1 Å². The van der Waals surface area contributed by atoms with Crippen LogP contribution >= 0.6 is 0 Å². The number of amides is 2. The number of nitro benzene ring substituents is 1. The van der Waals surface area contributed by atoms with Crippen LogP contribution in [-0.2, 0) is 11.3 Å². The van der Waals surface area contributed by atoms with Crippen molar-refractivity contribution < 1.29 is 14.5 Å². The van der Waals surface area contributed by atoms with E-state index in [-0.39, 0.29) is 11.7 Å². The van der Waals surface area contributed by atoms with Gasteiger partial charge < -0.3 is 15.0 Å². The van der Waals surface area contributed by atoms with Gasteiger partial charge in [0.15, 0.2) is 0 Å². The van der Waals surface area contributed by atoms with Gasteiger partial charge in [0.2, 0.25) is 0 Å². The summed E-state index contributed by atoms with van der Waals surface area (Å²) in [7, 11) is 1.66. The number of hydrogen-bond acceptors (Lipinski definition) is 4. The molecule has 0 aliphatic heterocycles. The maximum Gasteiger partial charge on any atom is 0.322 e. The van der Waals surface area contributed by atoms with Crippen molar-refractivity contribution in [3.8, 4) is 0 Å². The molecule has 0 unspecified atom stereocenters. The van der Waals surface area contributed by atoms with E-state index in [9.17, 15) is 14.9 Å². The van der Waals surface area contributed by atoms with Crippen LogP contribution < -0.4 is 5.32 Å². The molecule has 0 fully saturated rings. The molecule has 0 saturated heterocycles. The molecule has 0 atom stereocenters. The standard InChI is InChI=1S/C19H23N3O4/c1-26-14-6-5-13-21(15-16-7-3-2-4-8-16)19(23)20-17-9-11-18(12-10-17)22(24)25/h2-4,7-12H,5-6,13-15H2,1H3,(H,20,23). The molecule has 0 spiro atoms. The third kappa shape index (κ3) is 6.18. The van der Waals surface area contributed by atoms with Crippen LogP contribution in [0.5, 0.6) is 0 Å². The summed E-state index contributed by atoms with van der Waals surface area (Å²) in [5.41, 5.74) is 1.55. The molecule has 2 amide bonds. The second-order valence-electron chi connectivity index (χ2n) is 5.84. The fourth-order valence-corrected chi connectivity index (χ4v) is 2.47. The van der Waals surface area contributed by atoms with Crippen LogP contribution in [0.1, 0.15) is 18.4 Å². The van der Waals surface area contributed by atoms with Gasteiger partial charge in [0.1, 0.15) is 0 Å². The highest BCUT2D eigenvalue weighted by Crippen LogP contribution is 2.16. The summed E-state index contributed by atoms with van der Waals surface area (Å²) in [6, 6.07) is 15.3. The van der Waals surface area contributed by atoms with E-state index in [0.717, 1.165) is 18.4 Å². The number of nitrogens with one attached hydrogen (secondary N) is 1. The highest BCUT2D eigenvalue weighted by atomic mass is 16.6. The number of carbonyl (C=O) groups excluding carboxylic acids is 1. The lowest BCUT2D eigenvalue weighted by atomic mass is 10.2. The highest BCUT2D eigenvalue weighted by Gasteiger charge is 2.14. The molecule has 7 heteroatoms. The summed E-state index contributed by atoms with van der Waals surface area (Å²) in [6.45, 7) is 1.74. The van der Waals surface area contributed by atoms with Crippen LogP contribution in [0, 0.1) is 10.1 Å². The first-order valence-corrected chi connectivity index (χ1v) is 8.43. The number of hydrogen-bond donors (Lipinski definition) is 1. The van der Waals surface area contributed by atoms with Gasteiger partial charge in [-0.15, -0.1) is 0 Å². The lowest BCUT2D eigenvalue weighted by molar-refractivity contribution is -0.384. The minimum atomic E-state index is -0.469. The van der Waals surface area contributed by atoms with Gasteiger partial charge in [0.25, 0.3) is 5.69 Å². The van der Waals surface area contributed by atoms with Gasteiger partial charge in [0, 0.05) is 44.6 Å². The topological polar surface area (TPSA) is 84.7 Å². The number of anilines is 1. The van der Waals surface area contributed by atoms with Gasteiger partial charge in [-0.25, -0.2) is 4.79 Å². The number of unbranched alkanes of at least 4 members (excludes halogenated alkanes) is 1. The van der Waals surface area contributed by atoms with Crippen molar-refractivity contribution >= 4 is 17.4 Å². The monoisotopic (exact) mass is 357 g/mol. The van der Waals surface area contributed by atoms with E-state index in [0.29, 0.717) is 25.4 Å². The number of rotatable bonds is 9. The normalized spacial score (nSPS) is 10.3. The van der Waals surface area contributed by atoms with Crippen molar-refractivity contribution in [3.63, 3.8) is 0 Å². The number of non-ortho nitro benzene ring substituents is 1. The SMILES string of the molecule is COCCCCN(Cc1ccccc1)C(=O)Nc1ccc([N+](=O)[O-])cc1. The second-order valence-corrected chi connectivity index (χ2v) is 5.84. The van der Waals surface area contributed by atoms with Crippen molar-refractivity contribution in [2.45, 2.75) is 19.4 Å². The summed E-state index contributed by atoms with van der Waals surface area (Å²) in [6.07, 6.45) is 1.70. The molecular weight excluding hydrogens is 334 g/mol. The van der Waals surface area contributed by atoms with Gasteiger partial charge in [-0.05, 0) is 30.5 Å². The van der Waals surface area contributed by atoms with Crippen molar-refractivity contribution in [3.05, 3.63) is 70.3 Å². The summed E-state index contributed by atoms with van der Waals surface area (Å²) >= 11 is 0. The van der Waals surface area contributed by atoms with Crippen molar-refractivity contribution in [2.75, 3.05) is 25.6 Å². The summed E-state index contributed by atoms with van der Waals surface area (Å²) in [5, 5.41) is 13.5. The average molecular weight is 357 g/mol. The van der Waals surface area contributed by atoms with E-state index >= 15 is 0 Å². The van der Waals surface area contributed by atoms with Crippen molar-refractivity contribution in [1.29, 1.82) is 0 Å². The van der Waals surface area contributed by atoms with E-state index in [1.54, 1.807) is 12.0 Å². The molecule has 0 radical (unpaired) electrons. The molecule has 0 aliphatic carbocycles. The molecule has 1 N–H and O–H groups in total. The zero-order valence-electron chi connectivity index (χ0n) is 14.8. The number of benzene rings is 2. The average Bonchev–Trinajstić information content (AvgIpc) is 2.65. The first-order chi connectivity index (χ1) is 12.6. The van der Waals surface area contributed by atoms with E-state index in [2.05, 4.69) is 5.32 Å². The number of ether oxygens (including phenoxy) is 1. The third-order valence-electron chi connectivity index (χ3n) is 3.86. The van der Waals surface area contributed by atoms with Crippen molar-refractivity contribution in [2.24, 2.45) is 0 Å². The predicted molar refractivity (Wildman–Crippen MR) is 100 cm³/mol. The van der Waals surface area contributed by atoms with Crippen LogP contribution in [-0.4, -0.2) is 36.1 Å². The molecule has 7 nitrogen and oxygen atoms in total. The lowest BCUT2D eigenvalue weighted by Gasteiger charge is -2.23. The maximum absolute atomic E-state index is 12.6. The number of methoxy groups -OCH3 is 1. The molecular formula is C19H23N3O4. The van der Waals surface area contributed by atoms with Gasteiger partial charge in [-0.2, -0.15) is 0 Å². The zero-order valence-corrected chi connectivity index (χ0v) is 14.8. The summed E-state index contributed by atoms with van der Waals surface area (Å²) < 4.78 is 5.05. The Hall–Kier alpha value is -2.93.